The second-order valence-corrected chi connectivity index (χ2v) is 10.2. The summed E-state index contributed by atoms with van der Waals surface area (Å²) >= 11 is 0. The molecule has 0 amide bonds. The normalized spacial score (nSPS) is 20.8. The molecule has 4 rings (SSSR count). The standard InChI is InChI=1S/C23H30N2O3S.ClH/c24-23-11-9-19-8-10-20(28-13-12-25-29(26,27)16-18-6-7-18)15-21(19)22(23)14-17-4-2-1-3-5-17;/h1-5,8,10,15,18,22-23,25H,6-7,9,11-14,16,24H2;1H. The lowest BCUT2D eigenvalue weighted by Crippen LogP contribution is -2.34. The van der Waals surface area contributed by atoms with Gasteiger partial charge in [0, 0.05) is 18.5 Å². The molecule has 164 valence electrons. The number of fused-ring (bicyclic) bond motifs is 1. The summed E-state index contributed by atoms with van der Waals surface area (Å²) in [5.74, 6) is 1.63. The fraction of sp³-hybridized carbons (Fsp3) is 0.478. The first-order valence-corrected chi connectivity index (χ1v) is 12.2. The molecule has 2 aromatic rings. The van der Waals surface area contributed by atoms with Crippen molar-refractivity contribution in [3.8, 4) is 5.75 Å². The Bertz CT molecular complexity index is 933. The molecule has 0 radical (unpaired) electrons. The van der Waals surface area contributed by atoms with Gasteiger partial charge >= 0.3 is 0 Å². The Hall–Kier alpha value is -1.60. The molecule has 30 heavy (non-hydrogen) atoms. The van der Waals surface area contributed by atoms with Crippen LogP contribution in [-0.2, 0) is 22.9 Å². The van der Waals surface area contributed by atoms with E-state index in [0.29, 0.717) is 19.1 Å². The maximum absolute atomic E-state index is 12.0. The van der Waals surface area contributed by atoms with Crippen LogP contribution in [0.1, 0.15) is 41.9 Å². The van der Waals surface area contributed by atoms with Gasteiger partial charge in [-0.1, -0.05) is 36.4 Å². The molecule has 2 aliphatic carbocycles. The lowest BCUT2D eigenvalue weighted by Gasteiger charge is -2.32. The van der Waals surface area contributed by atoms with E-state index in [1.165, 1.54) is 16.7 Å². The lowest BCUT2D eigenvalue weighted by molar-refractivity contribution is 0.321. The van der Waals surface area contributed by atoms with Gasteiger partial charge in [0.1, 0.15) is 12.4 Å². The van der Waals surface area contributed by atoms with E-state index in [-0.39, 0.29) is 30.1 Å². The van der Waals surface area contributed by atoms with Crippen molar-refractivity contribution < 1.29 is 13.2 Å². The molecule has 2 unspecified atom stereocenters. The second-order valence-electron chi connectivity index (χ2n) is 8.33. The second kappa shape index (κ2) is 10.1. The van der Waals surface area contributed by atoms with Gasteiger partial charge in [0.2, 0.25) is 10.0 Å². The molecule has 2 aliphatic rings. The summed E-state index contributed by atoms with van der Waals surface area (Å²) < 4.78 is 32.4. The molecule has 0 aliphatic heterocycles. The average Bonchev–Trinajstić information content (AvgIpc) is 3.51. The Balaban J connectivity index is 0.00000256. The average molecular weight is 451 g/mol. The Labute approximate surface area is 185 Å². The van der Waals surface area contributed by atoms with Crippen LogP contribution in [-0.4, -0.2) is 33.4 Å². The summed E-state index contributed by atoms with van der Waals surface area (Å²) in [5, 5.41) is 0. The van der Waals surface area contributed by atoms with Crippen LogP contribution >= 0.6 is 12.4 Å². The quantitative estimate of drug-likeness (QED) is 0.573. The van der Waals surface area contributed by atoms with Crippen molar-refractivity contribution in [3.63, 3.8) is 0 Å². The SMILES string of the molecule is Cl.NC1CCc2ccc(OCCNS(=O)(=O)CC3CC3)cc2C1Cc1ccccc1. The zero-order chi connectivity index (χ0) is 20.3. The molecule has 0 heterocycles. The van der Waals surface area contributed by atoms with Crippen molar-refractivity contribution in [2.24, 2.45) is 11.7 Å². The Morgan fingerprint density at radius 3 is 2.57 bits per heavy atom. The number of rotatable bonds is 9. The summed E-state index contributed by atoms with van der Waals surface area (Å²) in [4.78, 5) is 0. The van der Waals surface area contributed by atoms with Crippen molar-refractivity contribution in [2.45, 2.75) is 44.1 Å². The molecule has 0 bridgehead atoms. The third kappa shape index (κ3) is 6.20. The van der Waals surface area contributed by atoms with Crippen molar-refractivity contribution in [1.29, 1.82) is 0 Å². The maximum Gasteiger partial charge on any atom is 0.211 e. The van der Waals surface area contributed by atoms with Gasteiger partial charge in [0.05, 0.1) is 5.75 Å². The minimum absolute atomic E-state index is 0. The molecule has 1 fully saturated rings. The van der Waals surface area contributed by atoms with Gasteiger partial charge in [-0.25, -0.2) is 13.1 Å². The van der Waals surface area contributed by atoms with Crippen LogP contribution in [0.2, 0.25) is 0 Å². The number of sulfonamides is 1. The van der Waals surface area contributed by atoms with Crippen molar-refractivity contribution in [1.82, 2.24) is 4.72 Å². The van der Waals surface area contributed by atoms with Crippen molar-refractivity contribution in [2.75, 3.05) is 18.9 Å². The third-order valence-corrected chi connectivity index (χ3v) is 7.48. The van der Waals surface area contributed by atoms with Crippen molar-refractivity contribution >= 4 is 22.4 Å². The number of nitrogens with two attached hydrogens (primary N) is 1. The van der Waals surface area contributed by atoms with Gasteiger partial charge in [-0.15, -0.1) is 12.4 Å². The van der Waals surface area contributed by atoms with Gasteiger partial charge in [0.25, 0.3) is 0 Å². The van der Waals surface area contributed by atoms with Crippen LogP contribution in [0.25, 0.3) is 0 Å². The van der Waals surface area contributed by atoms with E-state index in [1.807, 2.05) is 12.1 Å². The highest BCUT2D eigenvalue weighted by Crippen LogP contribution is 2.35. The molecule has 0 saturated heterocycles. The van der Waals surface area contributed by atoms with E-state index in [4.69, 9.17) is 10.5 Å². The summed E-state index contributed by atoms with van der Waals surface area (Å²) in [5.41, 5.74) is 10.4. The molecule has 2 atom stereocenters. The summed E-state index contributed by atoms with van der Waals surface area (Å²) in [6, 6.07) is 16.8. The lowest BCUT2D eigenvalue weighted by atomic mass is 9.76. The van der Waals surface area contributed by atoms with Gasteiger partial charge in [-0.3, -0.25) is 0 Å². The number of benzene rings is 2. The molecular formula is C23H31ClN2O3S. The van der Waals surface area contributed by atoms with Gasteiger partial charge in [0.15, 0.2) is 0 Å². The van der Waals surface area contributed by atoms with Crippen LogP contribution in [0.4, 0.5) is 0 Å². The molecule has 7 heteroatoms. The number of ether oxygens (including phenoxy) is 1. The van der Waals surface area contributed by atoms with Gasteiger partial charge in [-0.2, -0.15) is 0 Å². The zero-order valence-corrected chi connectivity index (χ0v) is 18.8. The van der Waals surface area contributed by atoms with Crippen LogP contribution in [0.5, 0.6) is 5.75 Å². The smallest absolute Gasteiger partial charge is 0.211 e. The van der Waals surface area contributed by atoms with E-state index in [0.717, 1.165) is 37.9 Å². The van der Waals surface area contributed by atoms with Crippen LogP contribution in [0.15, 0.2) is 48.5 Å². The summed E-state index contributed by atoms with van der Waals surface area (Å²) in [6.45, 7) is 0.608. The van der Waals surface area contributed by atoms with Gasteiger partial charge < -0.3 is 10.5 Å². The first-order chi connectivity index (χ1) is 14.0. The van der Waals surface area contributed by atoms with Crippen LogP contribution in [0.3, 0.4) is 0 Å². The van der Waals surface area contributed by atoms with E-state index in [9.17, 15) is 8.42 Å². The van der Waals surface area contributed by atoms with E-state index in [1.54, 1.807) is 0 Å². The molecule has 3 N–H and O–H groups in total. The monoisotopic (exact) mass is 450 g/mol. The number of aryl methyl sites for hydroxylation is 1. The molecule has 0 aromatic heterocycles. The van der Waals surface area contributed by atoms with Crippen LogP contribution < -0.4 is 15.2 Å². The minimum Gasteiger partial charge on any atom is -0.492 e. The highest BCUT2D eigenvalue weighted by Gasteiger charge is 2.28. The highest BCUT2D eigenvalue weighted by atomic mass is 35.5. The predicted molar refractivity (Wildman–Crippen MR) is 123 cm³/mol. The van der Waals surface area contributed by atoms with E-state index >= 15 is 0 Å². The predicted octanol–water partition coefficient (Wildman–Crippen LogP) is 3.42. The highest BCUT2D eigenvalue weighted by molar-refractivity contribution is 7.89. The Morgan fingerprint density at radius 2 is 1.83 bits per heavy atom. The molecule has 2 aromatic carbocycles. The fourth-order valence-electron chi connectivity index (χ4n) is 4.14. The molecular weight excluding hydrogens is 420 g/mol. The maximum atomic E-state index is 12.0. The number of halogens is 1. The Morgan fingerprint density at radius 1 is 1.07 bits per heavy atom. The molecule has 5 nitrogen and oxygen atoms in total. The number of hydrogen-bond acceptors (Lipinski definition) is 4. The minimum atomic E-state index is -3.18. The van der Waals surface area contributed by atoms with E-state index < -0.39 is 10.0 Å². The first kappa shape index (κ1) is 23.1. The van der Waals surface area contributed by atoms with E-state index in [2.05, 4.69) is 41.1 Å². The summed E-state index contributed by atoms with van der Waals surface area (Å²) in [6.07, 6.45) is 4.95. The largest absolute Gasteiger partial charge is 0.492 e. The molecule has 1 saturated carbocycles. The number of nitrogens with one attached hydrogen (secondary N) is 1. The zero-order valence-electron chi connectivity index (χ0n) is 17.1. The molecule has 0 spiro atoms. The number of hydrogen-bond donors (Lipinski definition) is 2. The summed E-state index contributed by atoms with van der Waals surface area (Å²) in [7, 11) is -3.18. The first-order valence-electron chi connectivity index (χ1n) is 10.5. The third-order valence-electron chi connectivity index (χ3n) is 5.92. The Kier molecular flexibility index (Phi) is 7.80. The fourth-order valence-corrected chi connectivity index (χ4v) is 5.60. The van der Waals surface area contributed by atoms with Crippen LogP contribution in [0, 0.1) is 5.92 Å². The topological polar surface area (TPSA) is 81.4 Å². The van der Waals surface area contributed by atoms with Crippen molar-refractivity contribution in [3.05, 3.63) is 65.2 Å². The van der Waals surface area contributed by atoms with Gasteiger partial charge in [-0.05, 0) is 66.8 Å².